The van der Waals surface area contributed by atoms with Crippen molar-refractivity contribution in [2.75, 3.05) is 7.05 Å². The third kappa shape index (κ3) is 3.34. The summed E-state index contributed by atoms with van der Waals surface area (Å²) in [7, 11) is 3.93. The molecule has 0 aliphatic heterocycles. The summed E-state index contributed by atoms with van der Waals surface area (Å²) >= 11 is 5.90. The van der Waals surface area contributed by atoms with Crippen molar-refractivity contribution in [2.45, 2.75) is 18.9 Å². The van der Waals surface area contributed by atoms with Crippen LogP contribution in [0, 0.1) is 0 Å². The zero-order chi connectivity index (χ0) is 13.0. The van der Waals surface area contributed by atoms with E-state index in [9.17, 15) is 0 Å². The molecule has 0 fully saturated rings. The predicted octanol–water partition coefficient (Wildman–Crippen LogP) is 2.97. The SMILES string of the molecule is CNC(CCc1cnn(C)c1)c1ccc(Cl)cc1. The highest BCUT2D eigenvalue weighted by molar-refractivity contribution is 6.30. The summed E-state index contributed by atoms with van der Waals surface area (Å²) in [6, 6.07) is 8.37. The Balaban J connectivity index is 1.99. The number of halogens is 1. The molecule has 1 heterocycles. The van der Waals surface area contributed by atoms with E-state index in [2.05, 4.69) is 28.7 Å². The molecule has 0 aliphatic carbocycles. The molecule has 0 aliphatic rings. The van der Waals surface area contributed by atoms with Gasteiger partial charge in [0.25, 0.3) is 0 Å². The van der Waals surface area contributed by atoms with E-state index in [-0.39, 0.29) is 0 Å². The summed E-state index contributed by atoms with van der Waals surface area (Å²) in [6.07, 6.45) is 6.05. The molecule has 2 rings (SSSR count). The van der Waals surface area contributed by atoms with Crippen LogP contribution in [-0.2, 0) is 13.5 Å². The van der Waals surface area contributed by atoms with Crippen LogP contribution in [0.25, 0.3) is 0 Å². The van der Waals surface area contributed by atoms with Crippen LogP contribution < -0.4 is 5.32 Å². The molecular weight excluding hydrogens is 246 g/mol. The normalized spacial score (nSPS) is 12.6. The summed E-state index contributed by atoms with van der Waals surface area (Å²) < 4.78 is 1.84. The summed E-state index contributed by atoms with van der Waals surface area (Å²) in [5.41, 5.74) is 2.54. The van der Waals surface area contributed by atoms with Gasteiger partial charge in [-0.25, -0.2) is 0 Å². The number of benzene rings is 1. The van der Waals surface area contributed by atoms with Gasteiger partial charge in [0, 0.05) is 24.3 Å². The van der Waals surface area contributed by atoms with Crippen LogP contribution in [0.4, 0.5) is 0 Å². The zero-order valence-corrected chi connectivity index (χ0v) is 11.5. The van der Waals surface area contributed by atoms with E-state index in [1.54, 1.807) is 0 Å². The molecule has 0 saturated carbocycles. The lowest BCUT2D eigenvalue weighted by Gasteiger charge is -2.16. The molecule has 1 atom stereocenters. The maximum atomic E-state index is 5.90. The summed E-state index contributed by atoms with van der Waals surface area (Å²) in [5, 5.41) is 8.31. The van der Waals surface area contributed by atoms with Crippen LogP contribution in [-0.4, -0.2) is 16.8 Å². The van der Waals surface area contributed by atoms with Gasteiger partial charge in [0.2, 0.25) is 0 Å². The topological polar surface area (TPSA) is 29.9 Å². The number of aryl methyl sites for hydroxylation is 2. The van der Waals surface area contributed by atoms with E-state index in [0.717, 1.165) is 17.9 Å². The van der Waals surface area contributed by atoms with Gasteiger partial charge in [-0.1, -0.05) is 23.7 Å². The molecule has 0 bridgehead atoms. The second-order valence-electron chi connectivity index (χ2n) is 4.45. The van der Waals surface area contributed by atoms with E-state index in [1.807, 2.05) is 37.1 Å². The Morgan fingerprint density at radius 3 is 2.61 bits per heavy atom. The van der Waals surface area contributed by atoms with Gasteiger partial charge in [0.15, 0.2) is 0 Å². The third-order valence-electron chi connectivity index (χ3n) is 3.10. The van der Waals surface area contributed by atoms with E-state index < -0.39 is 0 Å². The third-order valence-corrected chi connectivity index (χ3v) is 3.35. The van der Waals surface area contributed by atoms with Crippen LogP contribution in [0.3, 0.4) is 0 Å². The number of hydrogen-bond acceptors (Lipinski definition) is 2. The van der Waals surface area contributed by atoms with E-state index >= 15 is 0 Å². The quantitative estimate of drug-likeness (QED) is 0.899. The number of nitrogens with zero attached hydrogens (tertiary/aromatic N) is 2. The van der Waals surface area contributed by atoms with Gasteiger partial charge < -0.3 is 5.32 Å². The van der Waals surface area contributed by atoms with Crippen LogP contribution in [0.1, 0.15) is 23.6 Å². The largest absolute Gasteiger partial charge is 0.313 e. The predicted molar refractivity (Wildman–Crippen MR) is 74.8 cm³/mol. The Morgan fingerprint density at radius 1 is 1.33 bits per heavy atom. The number of hydrogen-bond donors (Lipinski definition) is 1. The first-order chi connectivity index (χ1) is 8.69. The molecule has 1 aromatic carbocycles. The van der Waals surface area contributed by atoms with Gasteiger partial charge in [-0.3, -0.25) is 4.68 Å². The molecule has 0 radical (unpaired) electrons. The highest BCUT2D eigenvalue weighted by Gasteiger charge is 2.09. The molecule has 1 unspecified atom stereocenters. The Bertz CT molecular complexity index is 490. The van der Waals surface area contributed by atoms with Gasteiger partial charge in [0.1, 0.15) is 0 Å². The lowest BCUT2D eigenvalue weighted by molar-refractivity contribution is 0.549. The fourth-order valence-corrected chi connectivity index (χ4v) is 2.21. The molecular formula is C14H18ClN3. The van der Waals surface area contributed by atoms with Gasteiger partial charge in [0.05, 0.1) is 6.20 Å². The van der Waals surface area contributed by atoms with Gasteiger partial charge in [-0.15, -0.1) is 0 Å². The van der Waals surface area contributed by atoms with Crippen LogP contribution >= 0.6 is 11.6 Å². The van der Waals surface area contributed by atoms with E-state index in [1.165, 1.54) is 11.1 Å². The Hall–Kier alpha value is -1.32. The van der Waals surface area contributed by atoms with Crippen LogP contribution in [0.5, 0.6) is 0 Å². The van der Waals surface area contributed by atoms with Crippen molar-refractivity contribution in [1.29, 1.82) is 0 Å². The van der Waals surface area contributed by atoms with Crippen LogP contribution in [0.2, 0.25) is 5.02 Å². The standard InChI is InChI=1S/C14H18ClN3/c1-16-14(12-4-6-13(15)7-5-12)8-3-11-9-17-18(2)10-11/h4-7,9-10,14,16H,3,8H2,1-2H3. The zero-order valence-electron chi connectivity index (χ0n) is 10.7. The first-order valence-corrected chi connectivity index (χ1v) is 6.47. The number of rotatable bonds is 5. The summed E-state index contributed by atoms with van der Waals surface area (Å²) in [6.45, 7) is 0. The lowest BCUT2D eigenvalue weighted by atomic mass is 10.0. The molecule has 3 nitrogen and oxygen atoms in total. The van der Waals surface area contributed by atoms with Crippen molar-refractivity contribution in [2.24, 2.45) is 7.05 Å². The minimum atomic E-state index is 0.350. The molecule has 96 valence electrons. The van der Waals surface area contributed by atoms with Crippen molar-refractivity contribution >= 4 is 11.6 Å². The molecule has 1 N–H and O–H groups in total. The van der Waals surface area contributed by atoms with Crippen molar-refractivity contribution in [3.05, 3.63) is 52.8 Å². The number of nitrogens with one attached hydrogen (secondary N) is 1. The summed E-state index contributed by atoms with van der Waals surface area (Å²) in [5.74, 6) is 0. The monoisotopic (exact) mass is 263 g/mol. The smallest absolute Gasteiger partial charge is 0.0521 e. The highest BCUT2D eigenvalue weighted by atomic mass is 35.5. The van der Waals surface area contributed by atoms with Crippen LogP contribution in [0.15, 0.2) is 36.7 Å². The first kappa shape index (κ1) is 13.1. The lowest BCUT2D eigenvalue weighted by Crippen LogP contribution is -2.16. The maximum absolute atomic E-state index is 5.90. The number of aromatic nitrogens is 2. The molecule has 2 aromatic rings. The summed E-state index contributed by atoms with van der Waals surface area (Å²) in [4.78, 5) is 0. The molecule has 4 heteroatoms. The average molecular weight is 264 g/mol. The Kier molecular flexibility index (Phi) is 4.39. The van der Waals surface area contributed by atoms with E-state index in [0.29, 0.717) is 6.04 Å². The fraction of sp³-hybridized carbons (Fsp3) is 0.357. The second-order valence-corrected chi connectivity index (χ2v) is 4.89. The minimum absolute atomic E-state index is 0.350. The molecule has 0 spiro atoms. The van der Waals surface area contributed by atoms with Gasteiger partial charge in [-0.2, -0.15) is 5.10 Å². The average Bonchev–Trinajstić information content (AvgIpc) is 2.78. The van der Waals surface area contributed by atoms with Crippen molar-refractivity contribution in [3.63, 3.8) is 0 Å². The van der Waals surface area contributed by atoms with Crippen molar-refractivity contribution < 1.29 is 0 Å². The van der Waals surface area contributed by atoms with Gasteiger partial charge in [-0.05, 0) is 43.1 Å². The first-order valence-electron chi connectivity index (χ1n) is 6.09. The molecule has 0 saturated heterocycles. The second kappa shape index (κ2) is 6.03. The van der Waals surface area contributed by atoms with E-state index in [4.69, 9.17) is 11.6 Å². The fourth-order valence-electron chi connectivity index (χ4n) is 2.08. The maximum Gasteiger partial charge on any atom is 0.0521 e. The Morgan fingerprint density at radius 2 is 2.06 bits per heavy atom. The Labute approximate surface area is 113 Å². The van der Waals surface area contributed by atoms with Gasteiger partial charge >= 0.3 is 0 Å². The molecule has 1 aromatic heterocycles. The van der Waals surface area contributed by atoms with Crippen molar-refractivity contribution in [3.8, 4) is 0 Å². The minimum Gasteiger partial charge on any atom is -0.313 e. The van der Waals surface area contributed by atoms with Crippen molar-refractivity contribution in [1.82, 2.24) is 15.1 Å². The molecule has 18 heavy (non-hydrogen) atoms. The molecule has 0 amide bonds. The highest BCUT2D eigenvalue weighted by Crippen LogP contribution is 2.20.